The van der Waals surface area contributed by atoms with Gasteiger partial charge < -0.3 is 20.3 Å². The summed E-state index contributed by atoms with van der Waals surface area (Å²) >= 11 is 0. The fraction of sp³-hybridized carbons (Fsp3) is 0.929. The molecule has 0 aromatic heterocycles. The van der Waals surface area contributed by atoms with E-state index in [9.17, 15) is 0 Å². The molecule has 0 unspecified atom stereocenters. The van der Waals surface area contributed by atoms with Crippen molar-refractivity contribution < 1.29 is 4.74 Å². The van der Waals surface area contributed by atoms with E-state index in [0.717, 1.165) is 25.5 Å². The van der Waals surface area contributed by atoms with Crippen LogP contribution >= 0.6 is 0 Å². The van der Waals surface area contributed by atoms with E-state index in [2.05, 4.69) is 27.4 Å². The molecule has 0 bridgehead atoms. The molecule has 0 aromatic carbocycles. The van der Waals surface area contributed by atoms with Crippen LogP contribution in [0.15, 0.2) is 4.99 Å². The van der Waals surface area contributed by atoms with Crippen LogP contribution in [-0.2, 0) is 4.74 Å². The Morgan fingerprint density at radius 3 is 2.68 bits per heavy atom. The number of ether oxygens (including phenoxy) is 1. The van der Waals surface area contributed by atoms with Gasteiger partial charge in [-0.25, -0.2) is 0 Å². The Morgan fingerprint density at radius 2 is 2.11 bits per heavy atom. The van der Waals surface area contributed by atoms with Crippen molar-refractivity contribution in [2.24, 2.45) is 4.99 Å². The van der Waals surface area contributed by atoms with Gasteiger partial charge in [0.25, 0.3) is 0 Å². The Bertz CT molecular complexity index is 250. The summed E-state index contributed by atoms with van der Waals surface area (Å²) in [4.78, 5) is 6.82. The van der Waals surface area contributed by atoms with Gasteiger partial charge in [-0.1, -0.05) is 6.92 Å². The van der Waals surface area contributed by atoms with Crippen molar-refractivity contribution in [1.82, 2.24) is 15.5 Å². The van der Waals surface area contributed by atoms with Crippen LogP contribution < -0.4 is 10.6 Å². The molecule has 1 heterocycles. The average molecular weight is 270 g/mol. The van der Waals surface area contributed by atoms with Crippen molar-refractivity contribution >= 4 is 5.96 Å². The minimum atomic E-state index is 0.557. The van der Waals surface area contributed by atoms with Crippen molar-refractivity contribution in [3.05, 3.63) is 0 Å². The Hall–Kier alpha value is -0.810. The van der Waals surface area contributed by atoms with Crippen LogP contribution in [-0.4, -0.2) is 63.8 Å². The number of rotatable bonds is 7. The van der Waals surface area contributed by atoms with Gasteiger partial charge in [-0.15, -0.1) is 0 Å². The van der Waals surface area contributed by atoms with Gasteiger partial charge in [0.05, 0.1) is 0 Å². The van der Waals surface area contributed by atoms with Crippen LogP contribution in [0.25, 0.3) is 0 Å². The second-order valence-corrected chi connectivity index (χ2v) is 5.11. The molecular formula is C14H30N4O. The molecule has 0 saturated carbocycles. The summed E-state index contributed by atoms with van der Waals surface area (Å²) in [6.07, 6.45) is 4.67. The zero-order valence-corrected chi connectivity index (χ0v) is 12.7. The predicted molar refractivity (Wildman–Crippen MR) is 80.7 cm³/mol. The number of methoxy groups -OCH3 is 1. The van der Waals surface area contributed by atoms with E-state index < -0.39 is 0 Å². The molecule has 5 heteroatoms. The molecule has 1 rings (SSSR count). The SMILES string of the molecule is CCCN1CCC(NC(=NC)NCCCOC)CC1. The van der Waals surface area contributed by atoms with Crippen molar-refractivity contribution in [3.8, 4) is 0 Å². The molecule has 112 valence electrons. The number of guanidine groups is 1. The van der Waals surface area contributed by atoms with Crippen LogP contribution in [0.4, 0.5) is 0 Å². The van der Waals surface area contributed by atoms with E-state index in [1.165, 1.54) is 38.9 Å². The molecular weight excluding hydrogens is 240 g/mol. The van der Waals surface area contributed by atoms with E-state index in [0.29, 0.717) is 6.04 Å². The monoisotopic (exact) mass is 270 g/mol. The van der Waals surface area contributed by atoms with Crippen LogP contribution in [0.3, 0.4) is 0 Å². The molecule has 0 aliphatic carbocycles. The Balaban J connectivity index is 2.18. The summed E-state index contributed by atoms with van der Waals surface area (Å²) in [6, 6.07) is 0.557. The number of hydrogen-bond donors (Lipinski definition) is 2. The molecule has 2 N–H and O–H groups in total. The summed E-state index contributed by atoms with van der Waals surface area (Å²) in [5.41, 5.74) is 0. The van der Waals surface area contributed by atoms with E-state index >= 15 is 0 Å². The number of nitrogens with zero attached hydrogens (tertiary/aromatic N) is 2. The lowest BCUT2D eigenvalue weighted by atomic mass is 10.1. The van der Waals surface area contributed by atoms with Crippen LogP contribution in [0, 0.1) is 0 Å². The minimum Gasteiger partial charge on any atom is -0.385 e. The topological polar surface area (TPSA) is 48.9 Å². The van der Waals surface area contributed by atoms with Crippen molar-refractivity contribution in [2.75, 3.05) is 46.9 Å². The highest BCUT2D eigenvalue weighted by Gasteiger charge is 2.18. The highest BCUT2D eigenvalue weighted by Crippen LogP contribution is 2.10. The van der Waals surface area contributed by atoms with Crippen molar-refractivity contribution in [3.63, 3.8) is 0 Å². The van der Waals surface area contributed by atoms with Gasteiger partial charge in [-0.05, 0) is 32.2 Å². The fourth-order valence-corrected chi connectivity index (χ4v) is 2.43. The first-order valence-corrected chi connectivity index (χ1v) is 7.48. The summed E-state index contributed by atoms with van der Waals surface area (Å²) in [5.74, 6) is 0.921. The van der Waals surface area contributed by atoms with Crippen molar-refractivity contribution in [2.45, 2.75) is 38.6 Å². The first-order valence-electron chi connectivity index (χ1n) is 7.48. The summed E-state index contributed by atoms with van der Waals surface area (Å²) in [5, 5.41) is 6.85. The molecule has 19 heavy (non-hydrogen) atoms. The molecule has 0 spiro atoms. The van der Waals surface area contributed by atoms with Crippen LogP contribution in [0.2, 0.25) is 0 Å². The van der Waals surface area contributed by atoms with Gasteiger partial charge in [0.2, 0.25) is 0 Å². The van der Waals surface area contributed by atoms with E-state index in [1.807, 2.05) is 7.05 Å². The van der Waals surface area contributed by atoms with E-state index in [-0.39, 0.29) is 0 Å². The summed E-state index contributed by atoms with van der Waals surface area (Å²) in [6.45, 7) is 7.58. The predicted octanol–water partition coefficient (Wildman–Crippen LogP) is 1.06. The zero-order chi connectivity index (χ0) is 13.9. The smallest absolute Gasteiger partial charge is 0.191 e. The normalized spacial score (nSPS) is 18.6. The van der Waals surface area contributed by atoms with Crippen LogP contribution in [0.5, 0.6) is 0 Å². The Labute approximate surface area is 117 Å². The minimum absolute atomic E-state index is 0.557. The standard InChI is InChI=1S/C14H30N4O/c1-4-9-18-10-6-13(7-11-18)17-14(15-2)16-8-5-12-19-3/h13H,4-12H2,1-3H3,(H2,15,16,17). The fourth-order valence-electron chi connectivity index (χ4n) is 2.43. The summed E-state index contributed by atoms with van der Waals surface area (Å²) < 4.78 is 5.04. The number of likely N-dealkylation sites (tertiary alicyclic amines) is 1. The number of nitrogens with one attached hydrogen (secondary N) is 2. The summed E-state index contributed by atoms with van der Waals surface area (Å²) in [7, 11) is 3.56. The Kier molecular flexibility index (Phi) is 8.58. The lowest BCUT2D eigenvalue weighted by molar-refractivity contribution is 0.195. The van der Waals surface area contributed by atoms with Gasteiger partial charge in [0.15, 0.2) is 5.96 Å². The number of hydrogen-bond acceptors (Lipinski definition) is 3. The maximum Gasteiger partial charge on any atom is 0.191 e. The number of piperidine rings is 1. The molecule has 0 aromatic rings. The third-order valence-electron chi connectivity index (χ3n) is 3.51. The average Bonchev–Trinajstić information content (AvgIpc) is 2.44. The van der Waals surface area contributed by atoms with Gasteiger partial charge in [-0.3, -0.25) is 4.99 Å². The van der Waals surface area contributed by atoms with Crippen molar-refractivity contribution in [1.29, 1.82) is 0 Å². The maximum atomic E-state index is 5.04. The van der Waals surface area contributed by atoms with Gasteiger partial charge in [-0.2, -0.15) is 0 Å². The largest absolute Gasteiger partial charge is 0.385 e. The molecule has 1 fully saturated rings. The van der Waals surface area contributed by atoms with Gasteiger partial charge >= 0.3 is 0 Å². The zero-order valence-electron chi connectivity index (χ0n) is 12.7. The molecule has 0 atom stereocenters. The maximum absolute atomic E-state index is 5.04. The molecule has 0 amide bonds. The van der Waals surface area contributed by atoms with Crippen LogP contribution in [0.1, 0.15) is 32.6 Å². The second kappa shape index (κ2) is 10.0. The quantitative estimate of drug-likeness (QED) is 0.413. The molecule has 1 saturated heterocycles. The third kappa shape index (κ3) is 6.78. The highest BCUT2D eigenvalue weighted by molar-refractivity contribution is 5.79. The molecule has 1 aliphatic heterocycles. The van der Waals surface area contributed by atoms with E-state index in [4.69, 9.17) is 4.74 Å². The van der Waals surface area contributed by atoms with Gasteiger partial charge in [0.1, 0.15) is 0 Å². The first kappa shape index (κ1) is 16.2. The molecule has 0 radical (unpaired) electrons. The third-order valence-corrected chi connectivity index (χ3v) is 3.51. The van der Waals surface area contributed by atoms with Gasteiger partial charge in [0, 0.05) is 46.4 Å². The first-order chi connectivity index (χ1) is 9.30. The lowest BCUT2D eigenvalue weighted by Gasteiger charge is -2.32. The molecule has 1 aliphatic rings. The Morgan fingerprint density at radius 1 is 1.37 bits per heavy atom. The van der Waals surface area contributed by atoms with E-state index in [1.54, 1.807) is 7.11 Å². The number of aliphatic imine (C=N–C) groups is 1. The lowest BCUT2D eigenvalue weighted by Crippen LogP contribution is -2.48. The molecule has 5 nitrogen and oxygen atoms in total. The highest BCUT2D eigenvalue weighted by atomic mass is 16.5. The second-order valence-electron chi connectivity index (χ2n) is 5.11.